The van der Waals surface area contributed by atoms with E-state index < -0.39 is 0 Å². The number of carbonyl (C=O) groups excluding carboxylic acids is 1. The third-order valence-electron chi connectivity index (χ3n) is 2.89. The van der Waals surface area contributed by atoms with Gasteiger partial charge in [-0.3, -0.25) is 9.78 Å². The third-order valence-corrected chi connectivity index (χ3v) is 2.89. The lowest BCUT2D eigenvalue weighted by Gasteiger charge is -2.23. The molecule has 0 aliphatic carbocycles. The molecule has 0 spiro atoms. The van der Waals surface area contributed by atoms with Gasteiger partial charge in [0, 0.05) is 37.9 Å². The molecule has 2 rings (SSSR count). The number of nitrogens with one attached hydrogen (secondary N) is 2. The Balaban J connectivity index is 0.00000180. The average molecular weight is 322 g/mol. The predicted molar refractivity (Wildman–Crippen MR) is 82.7 cm³/mol. The highest BCUT2D eigenvalue weighted by Gasteiger charge is 2.16. The summed E-state index contributed by atoms with van der Waals surface area (Å²) in [4.78, 5) is 15.7. The minimum atomic E-state index is 0. The van der Waals surface area contributed by atoms with Crippen molar-refractivity contribution in [3.8, 4) is 0 Å². The molecule has 2 heterocycles. The van der Waals surface area contributed by atoms with Gasteiger partial charge in [-0.1, -0.05) is 6.07 Å². The fraction of sp³-hybridized carbons (Fsp3) is 0.538. The second-order valence-corrected chi connectivity index (χ2v) is 4.39. The number of pyridine rings is 1. The van der Waals surface area contributed by atoms with Crippen LogP contribution in [0.15, 0.2) is 24.5 Å². The number of amides is 1. The van der Waals surface area contributed by atoms with Crippen LogP contribution in [0.25, 0.3) is 0 Å². The number of nitrogens with zero attached hydrogens (tertiary/aromatic N) is 1. The van der Waals surface area contributed by atoms with Crippen molar-refractivity contribution in [3.05, 3.63) is 30.1 Å². The highest BCUT2D eigenvalue weighted by atomic mass is 35.5. The zero-order chi connectivity index (χ0) is 12.6. The van der Waals surface area contributed by atoms with E-state index in [-0.39, 0.29) is 36.8 Å². The second-order valence-electron chi connectivity index (χ2n) is 4.39. The smallest absolute Gasteiger partial charge is 0.221 e. The van der Waals surface area contributed by atoms with E-state index >= 15 is 0 Å². The zero-order valence-electron chi connectivity index (χ0n) is 11.2. The van der Waals surface area contributed by atoms with E-state index in [2.05, 4.69) is 15.6 Å². The Hall–Kier alpha value is -0.880. The summed E-state index contributed by atoms with van der Waals surface area (Å²) in [7, 11) is 0. The summed E-state index contributed by atoms with van der Waals surface area (Å²) >= 11 is 0. The number of carbonyl (C=O) groups is 1. The van der Waals surface area contributed by atoms with E-state index in [0.717, 1.165) is 25.1 Å². The fourth-order valence-corrected chi connectivity index (χ4v) is 1.94. The molecule has 1 unspecified atom stereocenters. The monoisotopic (exact) mass is 321 g/mol. The van der Waals surface area contributed by atoms with Crippen molar-refractivity contribution in [3.63, 3.8) is 0 Å². The Bertz CT molecular complexity index is 373. The quantitative estimate of drug-likeness (QED) is 0.848. The lowest BCUT2D eigenvalue weighted by molar-refractivity contribution is -0.122. The number of rotatable bonds is 5. The second kappa shape index (κ2) is 10.9. The molecule has 20 heavy (non-hydrogen) atoms. The number of hydrogen-bond acceptors (Lipinski definition) is 4. The Kier molecular flexibility index (Phi) is 10.4. The first kappa shape index (κ1) is 19.1. The van der Waals surface area contributed by atoms with Gasteiger partial charge in [0.2, 0.25) is 5.91 Å². The van der Waals surface area contributed by atoms with Gasteiger partial charge in [0.1, 0.15) is 0 Å². The first-order chi connectivity index (χ1) is 8.84. The van der Waals surface area contributed by atoms with Gasteiger partial charge < -0.3 is 15.4 Å². The maximum absolute atomic E-state index is 11.7. The van der Waals surface area contributed by atoms with Crippen molar-refractivity contribution in [1.29, 1.82) is 0 Å². The number of halogens is 2. The summed E-state index contributed by atoms with van der Waals surface area (Å²) in [5.74, 6) is 0.0712. The molecule has 1 amide bonds. The normalized spacial score (nSPS) is 17.5. The molecule has 114 valence electrons. The molecule has 0 radical (unpaired) electrons. The van der Waals surface area contributed by atoms with E-state index in [1.807, 2.05) is 18.3 Å². The lowest BCUT2D eigenvalue weighted by atomic mass is 10.2. The van der Waals surface area contributed by atoms with Crippen LogP contribution in [0.2, 0.25) is 0 Å². The van der Waals surface area contributed by atoms with Crippen LogP contribution in [0.1, 0.15) is 12.0 Å². The van der Waals surface area contributed by atoms with Crippen LogP contribution in [-0.4, -0.2) is 43.2 Å². The van der Waals surface area contributed by atoms with E-state index in [1.54, 1.807) is 6.20 Å². The summed E-state index contributed by atoms with van der Waals surface area (Å²) in [6.45, 7) is 2.83. The lowest BCUT2D eigenvalue weighted by Crippen LogP contribution is -2.44. The van der Waals surface area contributed by atoms with Crippen molar-refractivity contribution < 1.29 is 9.53 Å². The van der Waals surface area contributed by atoms with Crippen LogP contribution < -0.4 is 10.6 Å². The summed E-state index contributed by atoms with van der Waals surface area (Å²) in [5, 5.41) is 6.18. The average Bonchev–Trinajstić information content (AvgIpc) is 2.41. The standard InChI is InChI=1S/C13H19N3O2.2ClH/c17-13(8-12-10-18-7-6-15-12)16-5-3-11-2-1-4-14-9-11;;/h1-2,4,9,12,15H,3,5-8,10H2,(H,16,17);2*1H. The van der Waals surface area contributed by atoms with E-state index in [0.29, 0.717) is 19.6 Å². The molecule has 0 bridgehead atoms. The van der Waals surface area contributed by atoms with Gasteiger partial charge in [-0.15, -0.1) is 24.8 Å². The highest BCUT2D eigenvalue weighted by Crippen LogP contribution is 1.99. The molecule has 0 saturated carbocycles. The van der Waals surface area contributed by atoms with E-state index in [4.69, 9.17) is 4.74 Å². The molecule has 5 nitrogen and oxygen atoms in total. The van der Waals surface area contributed by atoms with Crippen molar-refractivity contribution >= 4 is 30.7 Å². The molecule has 1 aromatic heterocycles. The molecule has 1 aromatic rings. The van der Waals surface area contributed by atoms with Gasteiger partial charge in [0.15, 0.2) is 0 Å². The fourth-order valence-electron chi connectivity index (χ4n) is 1.94. The molecule has 1 aliphatic rings. The first-order valence-electron chi connectivity index (χ1n) is 6.31. The maximum atomic E-state index is 11.7. The maximum Gasteiger partial charge on any atom is 0.221 e. The Labute approximate surface area is 131 Å². The SMILES string of the molecule is Cl.Cl.O=C(CC1COCCN1)NCCc1cccnc1. The molecule has 1 saturated heterocycles. The number of ether oxygens (including phenoxy) is 1. The Morgan fingerprint density at radius 1 is 1.50 bits per heavy atom. The number of morpholine rings is 1. The molecule has 2 N–H and O–H groups in total. The van der Waals surface area contributed by atoms with E-state index in [9.17, 15) is 4.79 Å². The first-order valence-corrected chi connectivity index (χ1v) is 6.31. The topological polar surface area (TPSA) is 63.2 Å². The van der Waals surface area contributed by atoms with Crippen molar-refractivity contribution in [2.75, 3.05) is 26.3 Å². The van der Waals surface area contributed by atoms with Crippen LogP contribution in [0.3, 0.4) is 0 Å². The summed E-state index contributed by atoms with van der Waals surface area (Å²) in [6.07, 6.45) is 4.86. The van der Waals surface area contributed by atoms with Crippen molar-refractivity contribution in [2.24, 2.45) is 0 Å². The molecule has 1 aliphatic heterocycles. The summed E-state index contributed by atoms with van der Waals surface area (Å²) < 4.78 is 5.31. The molecule has 0 aromatic carbocycles. The molecule has 1 fully saturated rings. The van der Waals surface area contributed by atoms with Gasteiger partial charge >= 0.3 is 0 Å². The predicted octanol–water partition coefficient (Wildman–Crippen LogP) is 0.962. The van der Waals surface area contributed by atoms with Crippen LogP contribution in [0, 0.1) is 0 Å². The van der Waals surface area contributed by atoms with Gasteiger partial charge in [-0.2, -0.15) is 0 Å². The molecular formula is C13H21Cl2N3O2. The number of aromatic nitrogens is 1. The largest absolute Gasteiger partial charge is 0.378 e. The third kappa shape index (κ3) is 7.05. The minimum Gasteiger partial charge on any atom is -0.378 e. The molecule has 7 heteroatoms. The van der Waals surface area contributed by atoms with Gasteiger partial charge in [-0.05, 0) is 18.1 Å². The Morgan fingerprint density at radius 2 is 2.35 bits per heavy atom. The van der Waals surface area contributed by atoms with Crippen LogP contribution in [0.4, 0.5) is 0 Å². The number of hydrogen-bond donors (Lipinski definition) is 2. The highest BCUT2D eigenvalue weighted by molar-refractivity contribution is 5.85. The minimum absolute atomic E-state index is 0. The van der Waals surface area contributed by atoms with E-state index in [1.165, 1.54) is 0 Å². The molecular weight excluding hydrogens is 301 g/mol. The van der Waals surface area contributed by atoms with Gasteiger partial charge in [0.05, 0.1) is 13.2 Å². The Morgan fingerprint density at radius 3 is 3.00 bits per heavy atom. The van der Waals surface area contributed by atoms with Crippen molar-refractivity contribution in [1.82, 2.24) is 15.6 Å². The van der Waals surface area contributed by atoms with Crippen LogP contribution in [-0.2, 0) is 16.0 Å². The summed E-state index contributed by atoms with van der Waals surface area (Å²) in [6, 6.07) is 4.06. The van der Waals surface area contributed by atoms with Crippen LogP contribution >= 0.6 is 24.8 Å². The van der Waals surface area contributed by atoms with Gasteiger partial charge in [-0.25, -0.2) is 0 Å². The zero-order valence-corrected chi connectivity index (χ0v) is 12.8. The van der Waals surface area contributed by atoms with Crippen LogP contribution in [0.5, 0.6) is 0 Å². The van der Waals surface area contributed by atoms with Gasteiger partial charge in [0.25, 0.3) is 0 Å². The van der Waals surface area contributed by atoms with Crippen molar-refractivity contribution in [2.45, 2.75) is 18.9 Å². The summed E-state index contributed by atoms with van der Waals surface area (Å²) in [5.41, 5.74) is 1.14. The molecule has 1 atom stereocenters.